The second-order valence-corrected chi connectivity index (χ2v) is 8.49. The number of hydrogen-bond donors (Lipinski definition) is 2. The number of aromatic amines is 1. The Hall–Kier alpha value is -3.19. The summed E-state index contributed by atoms with van der Waals surface area (Å²) in [4.78, 5) is 16.9. The molecule has 3 nitrogen and oxygen atoms in total. The van der Waals surface area contributed by atoms with Crippen LogP contribution >= 0.6 is 11.8 Å². The van der Waals surface area contributed by atoms with Crippen LogP contribution in [0.2, 0.25) is 0 Å². The molecule has 1 amide bonds. The normalized spacial score (nSPS) is 11.6. The molecule has 0 aliphatic rings. The fourth-order valence-electron chi connectivity index (χ4n) is 3.53. The molecule has 0 unspecified atom stereocenters. The van der Waals surface area contributed by atoms with Crippen LogP contribution in [0.25, 0.3) is 22.2 Å². The average Bonchev–Trinajstić information content (AvgIpc) is 3.15. The second-order valence-electron chi connectivity index (χ2n) is 7.39. The lowest BCUT2D eigenvalue weighted by Gasteiger charge is -2.12. The number of aryl methyl sites for hydroxylation is 1. The average molecular weight is 455 g/mol. The topological polar surface area (TPSA) is 44.9 Å². The number of nitrogens with one attached hydrogen (secondary N) is 2. The van der Waals surface area contributed by atoms with E-state index < -0.39 is 17.6 Å². The number of hydrogen-bond acceptors (Lipinski definition) is 2. The summed E-state index contributed by atoms with van der Waals surface area (Å²) in [5, 5.41) is 3.69. The summed E-state index contributed by atoms with van der Waals surface area (Å²) in [6, 6.07) is 21.0. The molecule has 0 atom stereocenters. The van der Waals surface area contributed by atoms with Gasteiger partial charge < -0.3 is 10.3 Å². The number of alkyl halides is 3. The smallest absolute Gasteiger partial charge is 0.354 e. The molecule has 32 heavy (non-hydrogen) atoms. The molecule has 0 fully saturated rings. The van der Waals surface area contributed by atoms with Crippen molar-refractivity contribution in [3.05, 3.63) is 89.5 Å². The first-order valence-electron chi connectivity index (χ1n) is 10.1. The van der Waals surface area contributed by atoms with Gasteiger partial charge >= 0.3 is 6.18 Å². The third kappa shape index (κ3) is 4.67. The molecule has 0 aliphatic carbocycles. The highest BCUT2D eigenvalue weighted by molar-refractivity contribution is 7.99. The van der Waals surface area contributed by atoms with Gasteiger partial charge in [0.05, 0.1) is 16.8 Å². The van der Waals surface area contributed by atoms with E-state index in [1.165, 1.54) is 23.8 Å². The maximum atomic E-state index is 13.2. The molecular weight excluding hydrogens is 433 g/mol. The van der Waals surface area contributed by atoms with Gasteiger partial charge in [-0.25, -0.2) is 0 Å². The number of rotatable bonds is 6. The van der Waals surface area contributed by atoms with Crippen molar-refractivity contribution in [1.29, 1.82) is 0 Å². The zero-order valence-corrected chi connectivity index (χ0v) is 18.1. The van der Waals surface area contributed by atoms with Crippen LogP contribution < -0.4 is 5.32 Å². The summed E-state index contributed by atoms with van der Waals surface area (Å²) in [6.07, 6.45) is -4.57. The Morgan fingerprint density at radius 1 is 0.969 bits per heavy atom. The van der Waals surface area contributed by atoms with Crippen LogP contribution in [-0.2, 0) is 6.18 Å². The summed E-state index contributed by atoms with van der Waals surface area (Å²) >= 11 is 1.56. The molecule has 0 bridgehead atoms. The molecule has 2 N–H and O–H groups in total. The number of benzene rings is 3. The number of H-pyrrole nitrogens is 1. The number of para-hydroxylation sites is 1. The predicted molar refractivity (Wildman–Crippen MR) is 123 cm³/mol. The van der Waals surface area contributed by atoms with E-state index in [2.05, 4.69) is 22.4 Å². The first-order chi connectivity index (χ1) is 15.3. The number of halogens is 3. The second kappa shape index (κ2) is 9.12. The van der Waals surface area contributed by atoms with Crippen molar-refractivity contribution in [2.75, 3.05) is 12.3 Å². The van der Waals surface area contributed by atoms with E-state index >= 15 is 0 Å². The molecule has 1 heterocycles. The van der Waals surface area contributed by atoms with Gasteiger partial charge in [0.2, 0.25) is 0 Å². The lowest BCUT2D eigenvalue weighted by molar-refractivity contribution is -0.137. The largest absolute Gasteiger partial charge is 0.417 e. The van der Waals surface area contributed by atoms with E-state index in [1.54, 1.807) is 11.8 Å². The van der Waals surface area contributed by atoms with E-state index in [0.29, 0.717) is 5.75 Å². The molecule has 0 saturated carbocycles. The Morgan fingerprint density at radius 3 is 2.41 bits per heavy atom. The van der Waals surface area contributed by atoms with Crippen molar-refractivity contribution in [2.45, 2.75) is 18.0 Å². The van der Waals surface area contributed by atoms with Gasteiger partial charge in [-0.2, -0.15) is 13.2 Å². The zero-order chi connectivity index (χ0) is 22.7. The minimum atomic E-state index is -4.57. The molecule has 0 saturated heterocycles. The van der Waals surface area contributed by atoms with Gasteiger partial charge in [-0.1, -0.05) is 60.2 Å². The standard InChI is InChI=1S/C25H21F3N2OS/c1-16-10-12-17(13-11-16)22-23(19-7-3-5-9-21(19)30-22)32-15-14-29-24(31)18-6-2-4-8-20(18)25(26,27)28/h2-13,30H,14-15H2,1H3,(H,29,31). The molecular formula is C25H21F3N2OS. The third-order valence-corrected chi connectivity index (χ3v) is 6.23. The summed E-state index contributed by atoms with van der Waals surface area (Å²) in [6.45, 7) is 2.27. The van der Waals surface area contributed by atoms with Crippen LogP contribution in [0.15, 0.2) is 77.7 Å². The van der Waals surface area contributed by atoms with Gasteiger partial charge in [0, 0.05) is 28.1 Å². The van der Waals surface area contributed by atoms with Crippen LogP contribution in [0.3, 0.4) is 0 Å². The van der Waals surface area contributed by atoms with Crippen molar-refractivity contribution >= 4 is 28.6 Å². The highest BCUT2D eigenvalue weighted by Crippen LogP contribution is 2.37. The first-order valence-corrected chi connectivity index (χ1v) is 11.1. The van der Waals surface area contributed by atoms with E-state index in [0.717, 1.165) is 33.1 Å². The number of amides is 1. The number of carbonyl (C=O) groups is 1. The van der Waals surface area contributed by atoms with Gasteiger partial charge in [0.15, 0.2) is 0 Å². The molecule has 0 aliphatic heterocycles. The highest BCUT2D eigenvalue weighted by Gasteiger charge is 2.34. The Bertz CT molecular complexity index is 1250. The molecule has 3 aromatic carbocycles. The quantitative estimate of drug-likeness (QED) is 0.252. The molecule has 4 rings (SSSR count). The van der Waals surface area contributed by atoms with Crippen molar-refractivity contribution in [3.63, 3.8) is 0 Å². The van der Waals surface area contributed by atoms with Gasteiger partial charge in [0.1, 0.15) is 0 Å². The van der Waals surface area contributed by atoms with Gasteiger partial charge in [-0.15, -0.1) is 11.8 Å². The molecule has 164 valence electrons. The predicted octanol–water partition coefficient (Wildman–Crippen LogP) is 6.68. The van der Waals surface area contributed by atoms with Gasteiger partial charge in [-0.05, 0) is 30.7 Å². The Kier molecular flexibility index (Phi) is 6.28. The SMILES string of the molecule is Cc1ccc(-c2[nH]c3ccccc3c2SCCNC(=O)c2ccccc2C(F)(F)F)cc1. The highest BCUT2D eigenvalue weighted by atomic mass is 32.2. The third-order valence-electron chi connectivity index (χ3n) is 5.11. The van der Waals surface area contributed by atoms with Crippen LogP contribution in [0, 0.1) is 6.92 Å². The number of carbonyl (C=O) groups excluding carboxylic acids is 1. The van der Waals surface area contributed by atoms with Crippen LogP contribution in [0.5, 0.6) is 0 Å². The maximum absolute atomic E-state index is 13.2. The minimum Gasteiger partial charge on any atom is -0.354 e. The molecule has 0 spiro atoms. The van der Waals surface area contributed by atoms with Gasteiger partial charge in [-0.3, -0.25) is 4.79 Å². The summed E-state index contributed by atoms with van der Waals surface area (Å²) in [7, 11) is 0. The minimum absolute atomic E-state index is 0.239. The molecule has 1 aromatic heterocycles. The fraction of sp³-hybridized carbons (Fsp3) is 0.160. The first kappa shape index (κ1) is 22.0. The lowest BCUT2D eigenvalue weighted by Crippen LogP contribution is -2.28. The van der Waals surface area contributed by atoms with Crippen molar-refractivity contribution in [2.24, 2.45) is 0 Å². The summed E-state index contributed by atoms with van der Waals surface area (Å²) in [5.41, 5.74) is 2.93. The van der Waals surface area contributed by atoms with Crippen molar-refractivity contribution < 1.29 is 18.0 Å². The summed E-state index contributed by atoms with van der Waals surface area (Å²) in [5.74, 6) is -0.211. The monoisotopic (exact) mass is 454 g/mol. The Morgan fingerprint density at radius 2 is 1.66 bits per heavy atom. The number of thioether (sulfide) groups is 1. The van der Waals surface area contributed by atoms with E-state index in [-0.39, 0.29) is 12.1 Å². The fourth-order valence-corrected chi connectivity index (χ4v) is 4.59. The van der Waals surface area contributed by atoms with E-state index in [4.69, 9.17) is 0 Å². The lowest BCUT2D eigenvalue weighted by atomic mass is 10.1. The van der Waals surface area contributed by atoms with Gasteiger partial charge in [0.25, 0.3) is 5.91 Å². The van der Waals surface area contributed by atoms with Crippen molar-refractivity contribution in [1.82, 2.24) is 10.3 Å². The van der Waals surface area contributed by atoms with Crippen LogP contribution in [-0.4, -0.2) is 23.2 Å². The molecule has 7 heteroatoms. The zero-order valence-electron chi connectivity index (χ0n) is 17.3. The Balaban J connectivity index is 1.49. The maximum Gasteiger partial charge on any atom is 0.417 e. The number of aromatic nitrogens is 1. The van der Waals surface area contributed by atoms with Crippen molar-refractivity contribution in [3.8, 4) is 11.3 Å². The molecule has 0 radical (unpaired) electrons. The summed E-state index contributed by atoms with van der Waals surface area (Å²) < 4.78 is 39.5. The van der Waals surface area contributed by atoms with E-state index in [9.17, 15) is 18.0 Å². The van der Waals surface area contributed by atoms with E-state index in [1.807, 2.05) is 43.3 Å². The number of fused-ring (bicyclic) bond motifs is 1. The Labute approximate surface area is 188 Å². The molecule has 4 aromatic rings. The van der Waals surface area contributed by atoms with Crippen LogP contribution in [0.4, 0.5) is 13.2 Å². The van der Waals surface area contributed by atoms with Crippen LogP contribution in [0.1, 0.15) is 21.5 Å².